The summed E-state index contributed by atoms with van der Waals surface area (Å²) in [5, 5.41) is 3.97. The molecule has 2 aromatic carbocycles. The van der Waals surface area contributed by atoms with Gasteiger partial charge in [-0.05, 0) is 68.9 Å². The largest absolute Gasteiger partial charge is 0.489 e. The topological polar surface area (TPSA) is 55.6 Å². The molecule has 0 spiro atoms. The molecule has 4 rings (SSSR count). The SMILES string of the molecule is CCCN(C(=O)c1cccc(OCc2c(C)noc2C)c1)C1CCc2ccccc2C1. The highest BCUT2D eigenvalue weighted by Crippen LogP contribution is 2.27. The number of nitrogens with zero attached hydrogens (tertiary/aromatic N) is 2. The zero-order valence-corrected chi connectivity index (χ0v) is 18.6. The Labute approximate surface area is 184 Å². The zero-order valence-electron chi connectivity index (χ0n) is 18.6. The first-order valence-electron chi connectivity index (χ1n) is 11.1. The van der Waals surface area contributed by atoms with Gasteiger partial charge < -0.3 is 14.2 Å². The lowest BCUT2D eigenvalue weighted by Gasteiger charge is -2.35. The molecule has 1 aromatic heterocycles. The van der Waals surface area contributed by atoms with Crippen LogP contribution in [0.1, 0.15) is 58.3 Å². The Bertz CT molecular complexity index is 1040. The summed E-state index contributed by atoms with van der Waals surface area (Å²) in [7, 11) is 0. The summed E-state index contributed by atoms with van der Waals surface area (Å²) in [6.07, 6.45) is 3.89. The molecule has 1 unspecified atom stereocenters. The first-order chi connectivity index (χ1) is 15.1. The van der Waals surface area contributed by atoms with Gasteiger partial charge in [0.05, 0.1) is 11.3 Å². The second-order valence-corrected chi connectivity index (χ2v) is 8.28. The van der Waals surface area contributed by atoms with E-state index in [-0.39, 0.29) is 11.9 Å². The van der Waals surface area contributed by atoms with Gasteiger partial charge >= 0.3 is 0 Å². The van der Waals surface area contributed by atoms with Gasteiger partial charge in [0.25, 0.3) is 5.91 Å². The number of hydrogen-bond donors (Lipinski definition) is 0. The predicted molar refractivity (Wildman–Crippen MR) is 120 cm³/mol. The lowest BCUT2D eigenvalue weighted by atomic mass is 9.87. The molecule has 0 fully saturated rings. The molecular formula is C26H30N2O3. The minimum absolute atomic E-state index is 0.0778. The van der Waals surface area contributed by atoms with E-state index in [2.05, 4.69) is 41.2 Å². The summed E-state index contributed by atoms with van der Waals surface area (Å²) in [5.74, 6) is 1.52. The minimum atomic E-state index is 0.0778. The number of carbonyl (C=O) groups excluding carboxylic acids is 1. The van der Waals surface area contributed by atoms with Crippen LogP contribution in [0.25, 0.3) is 0 Å². The quantitative estimate of drug-likeness (QED) is 0.524. The van der Waals surface area contributed by atoms with Crippen LogP contribution in [-0.2, 0) is 19.4 Å². The number of ether oxygens (including phenoxy) is 1. The van der Waals surface area contributed by atoms with Gasteiger partial charge in [0.15, 0.2) is 0 Å². The van der Waals surface area contributed by atoms with Crippen LogP contribution in [-0.4, -0.2) is 28.6 Å². The fourth-order valence-electron chi connectivity index (χ4n) is 4.38. The van der Waals surface area contributed by atoms with Crippen LogP contribution in [0, 0.1) is 13.8 Å². The first-order valence-corrected chi connectivity index (χ1v) is 11.1. The standard InChI is InChI=1S/C26H30N2O3/c1-4-14-28(23-13-12-20-8-5-6-9-21(20)15-23)26(29)22-10-7-11-24(16-22)30-17-25-18(2)27-31-19(25)3/h5-11,16,23H,4,12-15,17H2,1-3H3. The summed E-state index contributed by atoms with van der Waals surface area (Å²) in [6.45, 7) is 7.04. The molecule has 1 heterocycles. The monoisotopic (exact) mass is 418 g/mol. The van der Waals surface area contributed by atoms with E-state index in [0.29, 0.717) is 17.9 Å². The van der Waals surface area contributed by atoms with Crippen LogP contribution < -0.4 is 4.74 Å². The van der Waals surface area contributed by atoms with E-state index in [4.69, 9.17) is 9.26 Å². The minimum Gasteiger partial charge on any atom is -0.489 e. The Morgan fingerprint density at radius 1 is 1.16 bits per heavy atom. The third kappa shape index (κ3) is 4.66. The molecule has 0 saturated heterocycles. The Balaban J connectivity index is 1.49. The molecule has 0 saturated carbocycles. The lowest BCUT2D eigenvalue weighted by Crippen LogP contribution is -2.43. The summed E-state index contributed by atoms with van der Waals surface area (Å²) >= 11 is 0. The van der Waals surface area contributed by atoms with E-state index in [0.717, 1.165) is 49.2 Å². The number of aromatic nitrogens is 1. The van der Waals surface area contributed by atoms with Crippen molar-refractivity contribution in [2.75, 3.05) is 6.54 Å². The number of benzene rings is 2. The molecule has 31 heavy (non-hydrogen) atoms. The molecule has 162 valence electrons. The van der Waals surface area contributed by atoms with E-state index in [1.165, 1.54) is 11.1 Å². The van der Waals surface area contributed by atoms with Gasteiger partial charge in [0, 0.05) is 18.2 Å². The highest BCUT2D eigenvalue weighted by Gasteiger charge is 2.28. The summed E-state index contributed by atoms with van der Waals surface area (Å²) in [5.41, 5.74) is 5.23. The molecule has 0 radical (unpaired) electrons. The molecule has 5 nitrogen and oxygen atoms in total. The summed E-state index contributed by atoms with van der Waals surface area (Å²) < 4.78 is 11.2. The van der Waals surface area contributed by atoms with Gasteiger partial charge in [-0.15, -0.1) is 0 Å². The Morgan fingerprint density at radius 3 is 2.71 bits per heavy atom. The fraction of sp³-hybridized carbons (Fsp3) is 0.385. The Kier molecular flexibility index (Phi) is 6.40. The first kappa shape index (κ1) is 21.2. The number of fused-ring (bicyclic) bond motifs is 1. The van der Waals surface area contributed by atoms with Gasteiger partial charge in [-0.1, -0.05) is 42.4 Å². The van der Waals surface area contributed by atoms with Crippen LogP contribution in [0.2, 0.25) is 0 Å². The normalized spacial score (nSPS) is 15.4. The van der Waals surface area contributed by atoms with Crippen molar-refractivity contribution in [2.24, 2.45) is 0 Å². The van der Waals surface area contributed by atoms with Crippen molar-refractivity contribution in [1.82, 2.24) is 10.1 Å². The van der Waals surface area contributed by atoms with Crippen molar-refractivity contribution < 1.29 is 14.1 Å². The molecular weight excluding hydrogens is 388 g/mol. The highest BCUT2D eigenvalue weighted by atomic mass is 16.5. The second kappa shape index (κ2) is 9.38. The van der Waals surface area contributed by atoms with E-state index >= 15 is 0 Å². The molecule has 5 heteroatoms. The Morgan fingerprint density at radius 2 is 1.97 bits per heavy atom. The zero-order chi connectivity index (χ0) is 21.8. The molecule has 1 atom stereocenters. The van der Waals surface area contributed by atoms with Crippen molar-refractivity contribution in [1.29, 1.82) is 0 Å². The number of aryl methyl sites for hydroxylation is 3. The maximum Gasteiger partial charge on any atom is 0.254 e. The average Bonchev–Trinajstić information content (AvgIpc) is 3.12. The molecule has 0 aliphatic heterocycles. The van der Waals surface area contributed by atoms with Crippen molar-refractivity contribution >= 4 is 5.91 Å². The predicted octanol–water partition coefficient (Wildman–Crippen LogP) is 5.28. The van der Waals surface area contributed by atoms with Crippen LogP contribution in [0.5, 0.6) is 5.75 Å². The maximum absolute atomic E-state index is 13.5. The fourth-order valence-corrected chi connectivity index (χ4v) is 4.38. The molecule has 3 aromatic rings. The van der Waals surface area contributed by atoms with Crippen LogP contribution in [0.4, 0.5) is 0 Å². The maximum atomic E-state index is 13.5. The van der Waals surface area contributed by atoms with Crippen molar-refractivity contribution in [3.8, 4) is 5.75 Å². The third-order valence-electron chi connectivity index (χ3n) is 6.13. The van der Waals surface area contributed by atoms with Crippen molar-refractivity contribution in [3.05, 3.63) is 82.2 Å². The number of amides is 1. The molecule has 0 N–H and O–H groups in total. The van der Waals surface area contributed by atoms with Crippen LogP contribution in [0.3, 0.4) is 0 Å². The van der Waals surface area contributed by atoms with Gasteiger partial charge in [-0.3, -0.25) is 4.79 Å². The van der Waals surface area contributed by atoms with Gasteiger partial charge in [-0.25, -0.2) is 0 Å². The number of rotatable bonds is 7. The van der Waals surface area contributed by atoms with Crippen LogP contribution >= 0.6 is 0 Å². The smallest absolute Gasteiger partial charge is 0.254 e. The van der Waals surface area contributed by atoms with E-state index < -0.39 is 0 Å². The van der Waals surface area contributed by atoms with E-state index in [9.17, 15) is 4.79 Å². The molecule has 1 aliphatic carbocycles. The van der Waals surface area contributed by atoms with Gasteiger partial charge in [0.2, 0.25) is 0 Å². The van der Waals surface area contributed by atoms with E-state index in [1.807, 2.05) is 38.1 Å². The van der Waals surface area contributed by atoms with E-state index in [1.54, 1.807) is 0 Å². The van der Waals surface area contributed by atoms with Gasteiger partial charge in [0.1, 0.15) is 18.1 Å². The average molecular weight is 419 g/mol. The molecule has 0 bridgehead atoms. The Hall–Kier alpha value is -3.08. The molecule has 1 aliphatic rings. The number of hydrogen-bond acceptors (Lipinski definition) is 4. The van der Waals surface area contributed by atoms with Crippen LogP contribution in [0.15, 0.2) is 53.1 Å². The second-order valence-electron chi connectivity index (χ2n) is 8.28. The van der Waals surface area contributed by atoms with Crippen molar-refractivity contribution in [3.63, 3.8) is 0 Å². The summed E-state index contributed by atoms with van der Waals surface area (Å²) in [4.78, 5) is 15.5. The number of carbonyl (C=O) groups is 1. The highest BCUT2D eigenvalue weighted by molar-refractivity contribution is 5.94. The molecule has 1 amide bonds. The van der Waals surface area contributed by atoms with Crippen molar-refractivity contribution in [2.45, 2.75) is 59.1 Å². The summed E-state index contributed by atoms with van der Waals surface area (Å²) in [6, 6.07) is 16.3. The lowest BCUT2D eigenvalue weighted by molar-refractivity contribution is 0.0661. The third-order valence-corrected chi connectivity index (χ3v) is 6.13. The van der Waals surface area contributed by atoms with Gasteiger partial charge in [-0.2, -0.15) is 0 Å².